The van der Waals surface area contributed by atoms with E-state index in [1.54, 1.807) is 6.08 Å². The van der Waals surface area contributed by atoms with Gasteiger partial charge in [-0.1, -0.05) is 13.3 Å². The lowest BCUT2D eigenvalue weighted by Gasteiger charge is -2.15. The summed E-state index contributed by atoms with van der Waals surface area (Å²) in [5.74, 6) is -0.316. The molecule has 0 aliphatic carbocycles. The van der Waals surface area contributed by atoms with Gasteiger partial charge in [-0.25, -0.2) is 4.79 Å². The van der Waals surface area contributed by atoms with Crippen LogP contribution < -0.4 is 0 Å². The highest BCUT2D eigenvalue weighted by Gasteiger charge is 2.18. The number of carbonyl (C=O) groups excluding carboxylic acids is 1. The first-order valence-electron chi connectivity index (χ1n) is 4.26. The fourth-order valence-corrected chi connectivity index (χ4v) is 1.13. The molecule has 0 bridgehead atoms. The molecule has 1 heterocycles. The second-order valence-electron chi connectivity index (χ2n) is 2.90. The van der Waals surface area contributed by atoms with Crippen molar-refractivity contribution in [2.24, 2.45) is 0 Å². The van der Waals surface area contributed by atoms with Crippen molar-refractivity contribution in [3.63, 3.8) is 0 Å². The lowest BCUT2D eigenvalue weighted by atomic mass is 10.2. The Morgan fingerprint density at radius 3 is 3.00 bits per heavy atom. The van der Waals surface area contributed by atoms with Crippen molar-refractivity contribution in [2.75, 3.05) is 0 Å². The lowest BCUT2D eigenvalue weighted by Crippen LogP contribution is -2.19. The molecule has 1 aliphatic heterocycles. The van der Waals surface area contributed by atoms with Crippen molar-refractivity contribution in [3.05, 3.63) is 12.2 Å². The molecule has 0 fully saturated rings. The van der Waals surface area contributed by atoms with E-state index in [-0.39, 0.29) is 12.1 Å². The molecule has 3 heteroatoms. The van der Waals surface area contributed by atoms with Crippen molar-refractivity contribution in [3.8, 4) is 0 Å². The summed E-state index contributed by atoms with van der Waals surface area (Å²) in [6, 6.07) is 0. The molecule has 0 saturated heterocycles. The van der Waals surface area contributed by atoms with E-state index in [4.69, 9.17) is 9.47 Å². The van der Waals surface area contributed by atoms with E-state index in [2.05, 4.69) is 6.92 Å². The highest BCUT2D eigenvalue weighted by atomic mass is 16.7. The summed E-state index contributed by atoms with van der Waals surface area (Å²) in [5.41, 5.74) is 0. The number of esters is 1. The molecule has 0 amide bonds. The Hall–Kier alpha value is -0.830. The quantitative estimate of drug-likeness (QED) is 0.601. The van der Waals surface area contributed by atoms with E-state index < -0.39 is 6.29 Å². The first kappa shape index (κ1) is 9.26. The lowest BCUT2D eigenvalue weighted by molar-refractivity contribution is -0.165. The van der Waals surface area contributed by atoms with Gasteiger partial charge in [0.2, 0.25) is 6.29 Å². The molecule has 1 aliphatic rings. The van der Waals surface area contributed by atoms with Crippen LogP contribution in [0.1, 0.15) is 26.7 Å². The van der Waals surface area contributed by atoms with E-state index in [9.17, 15) is 4.79 Å². The van der Waals surface area contributed by atoms with Gasteiger partial charge in [-0.05, 0) is 19.4 Å². The number of hydrogen-bond acceptors (Lipinski definition) is 3. The van der Waals surface area contributed by atoms with E-state index in [1.807, 2.05) is 6.92 Å². The molecule has 68 valence electrons. The van der Waals surface area contributed by atoms with Crippen molar-refractivity contribution in [1.29, 1.82) is 0 Å². The van der Waals surface area contributed by atoms with E-state index >= 15 is 0 Å². The van der Waals surface area contributed by atoms with Crippen LogP contribution in [0.25, 0.3) is 0 Å². The Labute approximate surface area is 72.4 Å². The zero-order valence-corrected chi connectivity index (χ0v) is 7.45. The maximum Gasteiger partial charge on any atom is 0.333 e. The maximum atomic E-state index is 10.6. The Morgan fingerprint density at radius 1 is 1.75 bits per heavy atom. The van der Waals surface area contributed by atoms with Gasteiger partial charge in [-0.15, -0.1) is 0 Å². The Bertz CT molecular complexity index is 186. The van der Waals surface area contributed by atoms with Gasteiger partial charge in [0.25, 0.3) is 0 Å². The van der Waals surface area contributed by atoms with E-state index in [0.717, 1.165) is 12.8 Å². The van der Waals surface area contributed by atoms with Gasteiger partial charge in [-0.3, -0.25) is 0 Å². The normalized spacial score (nSPS) is 24.2. The summed E-state index contributed by atoms with van der Waals surface area (Å²) < 4.78 is 10.2. The molecule has 0 aromatic rings. The topological polar surface area (TPSA) is 35.5 Å². The smallest absolute Gasteiger partial charge is 0.333 e. The molecule has 3 nitrogen and oxygen atoms in total. The van der Waals surface area contributed by atoms with Crippen LogP contribution in [0.15, 0.2) is 12.2 Å². The fourth-order valence-electron chi connectivity index (χ4n) is 1.13. The SMILES string of the molecule is CCCC(C)OC1C=CC(=O)O1. The minimum absolute atomic E-state index is 0.149. The monoisotopic (exact) mass is 170 g/mol. The van der Waals surface area contributed by atoms with Gasteiger partial charge >= 0.3 is 5.97 Å². The molecular formula is C9H14O3. The summed E-state index contributed by atoms with van der Waals surface area (Å²) in [7, 11) is 0. The fraction of sp³-hybridized carbons (Fsp3) is 0.667. The van der Waals surface area contributed by atoms with Crippen LogP contribution in [-0.2, 0) is 14.3 Å². The van der Waals surface area contributed by atoms with Gasteiger partial charge in [0, 0.05) is 6.08 Å². The molecule has 12 heavy (non-hydrogen) atoms. The average molecular weight is 170 g/mol. The molecule has 0 aromatic carbocycles. The van der Waals surface area contributed by atoms with Crippen molar-refractivity contribution in [1.82, 2.24) is 0 Å². The van der Waals surface area contributed by atoms with Crippen LogP contribution >= 0.6 is 0 Å². The number of ether oxygens (including phenoxy) is 2. The number of rotatable bonds is 4. The zero-order chi connectivity index (χ0) is 8.97. The summed E-state index contributed by atoms with van der Waals surface area (Å²) in [6.45, 7) is 4.07. The minimum Gasteiger partial charge on any atom is -0.429 e. The van der Waals surface area contributed by atoms with Crippen LogP contribution in [0.5, 0.6) is 0 Å². The number of cyclic esters (lactones) is 1. The van der Waals surface area contributed by atoms with Gasteiger partial charge in [0.05, 0.1) is 6.10 Å². The molecular weight excluding hydrogens is 156 g/mol. The van der Waals surface area contributed by atoms with Crippen molar-refractivity contribution >= 4 is 5.97 Å². The Morgan fingerprint density at radius 2 is 2.50 bits per heavy atom. The molecule has 0 spiro atoms. The average Bonchev–Trinajstić information content (AvgIpc) is 2.36. The first-order valence-corrected chi connectivity index (χ1v) is 4.26. The summed E-state index contributed by atoms with van der Waals surface area (Å²) in [5, 5.41) is 0. The second kappa shape index (κ2) is 4.26. The van der Waals surface area contributed by atoms with Crippen molar-refractivity contribution in [2.45, 2.75) is 39.1 Å². The Kier molecular flexibility index (Phi) is 3.29. The van der Waals surface area contributed by atoms with Crippen LogP contribution in [0.3, 0.4) is 0 Å². The third-order valence-corrected chi connectivity index (χ3v) is 1.68. The van der Waals surface area contributed by atoms with Crippen LogP contribution in [0, 0.1) is 0 Å². The summed E-state index contributed by atoms with van der Waals surface area (Å²) in [4.78, 5) is 10.6. The third kappa shape index (κ3) is 2.66. The minimum atomic E-state index is -0.459. The highest BCUT2D eigenvalue weighted by molar-refractivity contribution is 5.84. The summed E-state index contributed by atoms with van der Waals surface area (Å²) >= 11 is 0. The van der Waals surface area contributed by atoms with Gasteiger partial charge in [0.15, 0.2) is 0 Å². The molecule has 1 rings (SSSR count). The third-order valence-electron chi connectivity index (χ3n) is 1.68. The van der Waals surface area contributed by atoms with Gasteiger partial charge < -0.3 is 9.47 Å². The standard InChI is InChI=1S/C9H14O3/c1-3-4-7(2)11-9-6-5-8(10)12-9/h5-7,9H,3-4H2,1-2H3. The molecule has 0 N–H and O–H groups in total. The number of hydrogen-bond donors (Lipinski definition) is 0. The molecule has 0 aromatic heterocycles. The van der Waals surface area contributed by atoms with Crippen molar-refractivity contribution < 1.29 is 14.3 Å². The van der Waals surface area contributed by atoms with Gasteiger partial charge in [-0.2, -0.15) is 0 Å². The number of carbonyl (C=O) groups is 1. The second-order valence-corrected chi connectivity index (χ2v) is 2.90. The maximum absolute atomic E-state index is 10.6. The molecule has 2 atom stereocenters. The predicted molar refractivity (Wildman–Crippen MR) is 44.5 cm³/mol. The Balaban J connectivity index is 2.23. The first-order chi connectivity index (χ1) is 5.72. The molecule has 2 unspecified atom stereocenters. The van der Waals surface area contributed by atoms with E-state index in [0.29, 0.717) is 0 Å². The molecule has 0 radical (unpaired) electrons. The molecule has 0 saturated carbocycles. The zero-order valence-electron chi connectivity index (χ0n) is 7.45. The van der Waals surface area contributed by atoms with Crippen LogP contribution in [0.2, 0.25) is 0 Å². The van der Waals surface area contributed by atoms with E-state index in [1.165, 1.54) is 6.08 Å². The largest absolute Gasteiger partial charge is 0.429 e. The summed E-state index contributed by atoms with van der Waals surface area (Å²) in [6.07, 6.45) is 4.78. The van der Waals surface area contributed by atoms with Gasteiger partial charge in [0.1, 0.15) is 0 Å². The van der Waals surface area contributed by atoms with Crippen LogP contribution in [0.4, 0.5) is 0 Å². The predicted octanol–water partition coefficient (Wildman–Crippen LogP) is 1.63. The highest BCUT2D eigenvalue weighted by Crippen LogP contribution is 2.11. The van der Waals surface area contributed by atoms with Crippen LogP contribution in [-0.4, -0.2) is 18.4 Å².